The van der Waals surface area contributed by atoms with Gasteiger partial charge in [-0.3, -0.25) is 9.59 Å². The van der Waals surface area contributed by atoms with Crippen molar-refractivity contribution in [3.05, 3.63) is 30.3 Å². The van der Waals surface area contributed by atoms with Gasteiger partial charge in [-0.1, -0.05) is 25.1 Å². The van der Waals surface area contributed by atoms with E-state index in [0.717, 1.165) is 11.3 Å². The topological polar surface area (TPSA) is 66.4 Å². The van der Waals surface area contributed by atoms with Gasteiger partial charge in [0.05, 0.1) is 11.0 Å². The SMILES string of the molecule is CCC(Sc1ccccc1)C(=O)NCCSCC(=O)O. The first-order valence-corrected chi connectivity index (χ1v) is 8.46. The van der Waals surface area contributed by atoms with E-state index in [1.165, 1.54) is 11.8 Å². The van der Waals surface area contributed by atoms with Crippen LogP contribution >= 0.6 is 23.5 Å². The predicted octanol–water partition coefficient (Wildman–Crippen LogP) is 2.49. The average Bonchev–Trinajstić information content (AvgIpc) is 2.45. The third-order valence-corrected chi connectivity index (χ3v) is 4.78. The van der Waals surface area contributed by atoms with Gasteiger partial charge in [0, 0.05) is 17.2 Å². The first-order valence-electron chi connectivity index (χ1n) is 6.42. The number of carboxylic acid groups (broad SMARTS) is 1. The summed E-state index contributed by atoms with van der Waals surface area (Å²) in [5, 5.41) is 11.2. The molecule has 1 unspecified atom stereocenters. The Bertz CT molecular complexity index is 426. The molecule has 1 amide bonds. The van der Waals surface area contributed by atoms with Crippen LogP contribution in [0.2, 0.25) is 0 Å². The van der Waals surface area contributed by atoms with Crippen molar-refractivity contribution in [2.75, 3.05) is 18.1 Å². The molecular weight excluding hydrogens is 294 g/mol. The van der Waals surface area contributed by atoms with Crippen LogP contribution in [-0.4, -0.2) is 40.3 Å². The Hall–Kier alpha value is -1.14. The van der Waals surface area contributed by atoms with Gasteiger partial charge >= 0.3 is 5.97 Å². The van der Waals surface area contributed by atoms with Crippen LogP contribution in [0, 0.1) is 0 Å². The third-order valence-electron chi connectivity index (χ3n) is 2.46. The zero-order valence-corrected chi connectivity index (χ0v) is 13.0. The molecular formula is C14H19NO3S2. The highest BCUT2D eigenvalue weighted by Gasteiger charge is 2.17. The van der Waals surface area contributed by atoms with Crippen molar-refractivity contribution in [1.82, 2.24) is 5.32 Å². The molecule has 0 aliphatic heterocycles. The van der Waals surface area contributed by atoms with Gasteiger partial charge < -0.3 is 10.4 Å². The molecule has 1 atom stereocenters. The number of benzene rings is 1. The molecule has 0 spiro atoms. The van der Waals surface area contributed by atoms with Gasteiger partial charge in [-0.25, -0.2) is 0 Å². The fraction of sp³-hybridized carbons (Fsp3) is 0.429. The average molecular weight is 313 g/mol. The first-order chi connectivity index (χ1) is 9.63. The zero-order valence-electron chi connectivity index (χ0n) is 11.4. The fourth-order valence-corrected chi connectivity index (χ4v) is 3.07. The lowest BCUT2D eigenvalue weighted by Gasteiger charge is -2.14. The second kappa shape index (κ2) is 9.72. The Kier molecular flexibility index (Phi) is 8.22. The van der Waals surface area contributed by atoms with Crippen LogP contribution in [0.15, 0.2) is 35.2 Å². The molecule has 110 valence electrons. The molecule has 0 bridgehead atoms. The standard InChI is InChI=1S/C14H19NO3S2/c1-2-12(20-11-6-4-3-5-7-11)14(18)15-8-9-19-10-13(16)17/h3-7,12H,2,8-10H2,1H3,(H,15,18)(H,16,17). The molecule has 6 heteroatoms. The van der Waals surface area contributed by atoms with Crippen LogP contribution in [0.25, 0.3) is 0 Å². The van der Waals surface area contributed by atoms with E-state index in [0.29, 0.717) is 12.3 Å². The third kappa shape index (κ3) is 6.86. The maximum Gasteiger partial charge on any atom is 0.313 e. The highest BCUT2D eigenvalue weighted by molar-refractivity contribution is 8.00. The molecule has 4 nitrogen and oxygen atoms in total. The summed E-state index contributed by atoms with van der Waals surface area (Å²) in [5.74, 6) is -0.124. The van der Waals surface area contributed by atoms with E-state index in [-0.39, 0.29) is 16.9 Å². The molecule has 0 radical (unpaired) electrons. The minimum absolute atomic E-state index is 0.0114. The number of carboxylic acids is 1. The molecule has 1 aromatic carbocycles. The van der Waals surface area contributed by atoms with Crippen LogP contribution in [-0.2, 0) is 9.59 Å². The van der Waals surface area contributed by atoms with Gasteiger partial charge in [0.15, 0.2) is 0 Å². The summed E-state index contributed by atoms with van der Waals surface area (Å²) in [6.45, 7) is 2.49. The minimum atomic E-state index is -0.826. The Balaban J connectivity index is 2.30. The Morgan fingerprint density at radius 1 is 1.30 bits per heavy atom. The van der Waals surface area contributed by atoms with E-state index in [1.807, 2.05) is 37.3 Å². The molecule has 1 aromatic rings. The molecule has 0 saturated carbocycles. The number of hydrogen-bond acceptors (Lipinski definition) is 4. The highest BCUT2D eigenvalue weighted by Crippen LogP contribution is 2.25. The molecule has 0 aliphatic rings. The number of hydrogen-bond donors (Lipinski definition) is 2. The molecule has 0 aliphatic carbocycles. The van der Waals surface area contributed by atoms with Gasteiger partial charge in [-0.05, 0) is 18.6 Å². The Labute approximate surface area is 127 Å². The molecule has 20 heavy (non-hydrogen) atoms. The van der Waals surface area contributed by atoms with Crippen LogP contribution < -0.4 is 5.32 Å². The van der Waals surface area contributed by atoms with Crippen molar-refractivity contribution >= 4 is 35.4 Å². The van der Waals surface area contributed by atoms with E-state index in [1.54, 1.807) is 11.8 Å². The van der Waals surface area contributed by atoms with E-state index in [2.05, 4.69) is 5.32 Å². The first kappa shape index (κ1) is 16.9. The number of carbonyl (C=O) groups is 2. The quantitative estimate of drug-likeness (QED) is 0.541. The fourth-order valence-electron chi connectivity index (χ4n) is 1.51. The van der Waals surface area contributed by atoms with Crippen LogP contribution in [0.1, 0.15) is 13.3 Å². The van der Waals surface area contributed by atoms with Crippen molar-refractivity contribution in [3.63, 3.8) is 0 Å². The smallest absolute Gasteiger partial charge is 0.313 e. The number of thioether (sulfide) groups is 2. The van der Waals surface area contributed by atoms with Crippen molar-refractivity contribution < 1.29 is 14.7 Å². The molecule has 1 rings (SSSR count). The number of aliphatic carboxylic acids is 1. The normalized spacial score (nSPS) is 11.8. The van der Waals surface area contributed by atoms with Gasteiger partial charge in [0.2, 0.25) is 5.91 Å². The van der Waals surface area contributed by atoms with Crippen molar-refractivity contribution in [3.8, 4) is 0 Å². The summed E-state index contributed by atoms with van der Waals surface area (Å²) in [6.07, 6.45) is 0.758. The second-order valence-corrected chi connectivity index (χ2v) is 6.45. The summed E-state index contributed by atoms with van der Waals surface area (Å²) in [6, 6.07) is 9.84. The molecule has 0 aromatic heterocycles. The summed E-state index contributed by atoms with van der Waals surface area (Å²) in [5.41, 5.74) is 0. The van der Waals surface area contributed by atoms with Gasteiger partial charge in [-0.2, -0.15) is 0 Å². The molecule has 0 saturated heterocycles. The van der Waals surface area contributed by atoms with Gasteiger partial charge in [0.1, 0.15) is 0 Å². The van der Waals surface area contributed by atoms with E-state index >= 15 is 0 Å². The zero-order chi connectivity index (χ0) is 14.8. The minimum Gasteiger partial charge on any atom is -0.481 e. The maximum atomic E-state index is 12.0. The van der Waals surface area contributed by atoms with Crippen molar-refractivity contribution in [2.24, 2.45) is 0 Å². The number of carbonyl (C=O) groups excluding carboxylic acids is 1. The van der Waals surface area contributed by atoms with Crippen LogP contribution in [0.4, 0.5) is 0 Å². The highest BCUT2D eigenvalue weighted by atomic mass is 32.2. The van der Waals surface area contributed by atoms with E-state index in [4.69, 9.17) is 5.11 Å². The summed E-state index contributed by atoms with van der Waals surface area (Å²) >= 11 is 2.86. The lowest BCUT2D eigenvalue weighted by atomic mass is 10.3. The number of nitrogens with one attached hydrogen (secondary N) is 1. The lowest BCUT2D eigenvalue weighted by molar-refractivity contribution is -0.133. The number of amides is 1. The van der Waals surface area contributed by atoms with Crippen molar-refractivity contribution in [2.45, 2.75) is 23.5 Å². The van der Waals surface area contributed by atoms with Crippen LogP contribution in [0.5, 0.6) is 0 Å². The van der Waals surface area contributed by atoms with Crippen molar-refractivity contribution in [1.29, 1.82) is 0 Å². The maximum absolute atomic E-state index is 12.0. The van der Waals surface area contributed by atoms with E-state index in [9.17, 15) is 9.59 Å². The Morgan fingerprint density at radius 3 is 2.60 bits per heavy atom. The predicted molar refractivity (Wildman–Crippen MR) is 84.3 cm³/mol. The largest absolute Gasteiger partial charge is 0.481 e. The molecule has 2 N–H and O–H groups in total. The Morgan fingerprint density at radius 2 is 2.00 bits per heavy atom. The lowest BCUT2D eigenvalue weighted by Crippen LogP contribution is -2.33. The monoisotopic (exact) mass is 313 g/mol. The van der Waals surface area contributed by atoms with Crippen LogP contribution in [0.3, 0.4) is 0 Å². The molecule has 0 heterocycles. The molecule has 0 fully saturated rings. The summed E-state index contributed by atoms with van der Waals surface area (Å²) in [4.78, 5) is 23.4. The second-order valence-electron chi connectivity index (χ2n) is 4.07. The summed E-state index contributed by atoms with van der Waals surface area (Å²) in [7, 11) is 0. The van der Waals surface area contributed by atoms with E-state index < -0.39 is 5.97 Å². The summed E-state index contributed by atoms with van der Waals surface area (Å²) < 4.78 is 0. The van der Waals surface area contributed by atoms with Gasteiger partial charge in [0.25, 0.3) is 0 Å². The van der Waals surface area contributed by atoms with Gasteiger partial charge in [-0.15, -0.1) is 23.5 Å². The number of rotatable bonds is 9.